The summed E-state index contributed by atoms with van der Waals surface area (Å²) in [5, 5.41) is 3.24. The molecule has 0 spiro atoms. The van der Waals surface area contributed by atoms with Gasteiger partial charge < -0.3 is 10.1 Å². The van der Waals surface area contributed by atoms with Crippen molar-refractivity contribution in [3.63, 3.8) is 0 Å². The monoisotopic (exact) mass is 455 g/mol. The van der Waals surface area contributed by atoms with E-state index in [1.54, 1.807) is 18.2 Å². The lowest BCUT2D eigenvalue weighted by Crippen LogP contribution is -2.08. The van der Waals surface area contributed by atoms with Gasteiger partial charge in [-0.1, -0.05) is 69.5 Å². The van der Waals surface area contributed by atoms with Crippen LogP contribution in [-0.2, 0) is 11.4 Å². The van der Waals surface area contributed by atoms with Gasteiger partial charge >= 0.3 is 0 Å². The van der Waals surface area contributed by atoms with Crippen LogP contribution >= 0.6 is 27.5 Å². The van der Waals surface area contributed by atoms with Gasteiger partial charge in [-0.2, -0.15) is 0 Å². The van der Waals surface area contributed by atoms with E-state index in [1.165, 1.54) is 11.6 Å². The van der Waals surface area contributed by atoms with Crippen LogP contribution in [0.3, 0.4) is 0 Å². The Labute approximate surface area is 178 Å². The highest BCUT2D eigenvalue weighted by atomic mass is 79.9. The second kappa shape index (κ2) is 9.58. The zero-order valence-electron chi connectivity index (χ0n) is 15.3. The van der Waals surface area contributed by atoms with Crippen molar-refractivity contribution in [3.8, 4) is 5.75 Å². The summed E-state index contributed by atoms with van der Waals surface area (Å²) in [4.78, 5) is 12.1. The van der Waals surface area contributed by atoms with Crippen molar-refractivity contribution in [2.45, 2.75) is 13.5 Å². The number of carbonyl (C=O) groups is 1. The fraction of sp³-hybridized carbons (Fsp3) is 0.0870. The van der Waals surface area contributed by atoms with Crippen molar-refractivity contribution < 1.29 is 9.53 Å². The zero-order valence-corrected chi connectivity index (χ0v) is 17.6. The molecule has 1 N–H and O–H groups in total. The molecule has 3 nitrogen and oxygen atoms in total. The molecule has 0 atom stereocenters. The maximum absolute atomic E-state index is 12.1. The van der Waals surface area contributed by atoms with Crippen molar-refractivity contribution in [2.75, 3.05) is 5.32 Å². The molecule has 0 bridgehead atoms. The first kappa shape index (κ1) is 20.2. The molecular weight excluding hydrogens is 438 g/mol. The summed E-state index contributed by atoms with van der Waals surface area (Å²) in [5.74, 6) is 0.535. The molecule has 0 aliphatic carbocycles. The van der Waals surface area contributed by atoms with Gasteiger partial charge in [-0.3, -0.25) is 4.79 Å². The lowest BCUT2D eigenvalue weighted by atomic mass is 10.1. The minimum Gasteiger partial charge on any atom is -0.489 e. The molecule has 3 aromatic carbocycles. The Balaban J connectivity index is 1.54. The first-order valence-corrected chi connectivity index (χ1v) is 9.89. The molecule has 1 amide bonds. The normalized spacial score (nSPS) is 10.8. The van der Waals surface area contributed by atoms with Gasteiger partial charge in [-0.05, 0) is 54.5 Å². The Bertz CT molecular complexity index is 982. The molecule has 0 unspecified atom stereocenters. The standard InChI is InChI=1S/C23H19BrClNO2/c1-16-2-4-18(5-3-16)15-28-20-10-6-17(7-11-20)8-13-23(27)26-22-12-9-19(24)14-21(22)25/h2-14H,15H2,1H3,(H,26,27)/b13-8+. The molecule has 142 valence electrons. The van der Waals surface area contributed by atoms with Gasteiger partial charge in [0, 0.05) is 10.5 Å². The number of hydrogen-bond donors (Lipinski definition) is 1. The molecule has 0 saturated heterocycles. The van der Waals surface area contributed by atoms with Crippen LogP contribution in [0, 0.1) is 6.92 Å². The maximum atomic E-state index is 12.1. The van der Waals surface area contributed by atoms with Crippen LogP contribution in [0.4, 0.5) is 5.69 Å². The van der Waals surface area contributed by atoms with E-state index in [4.69, 9.17) is 16.3 Å². The molecule has 5 heteroatoms. The fourth-order valence-electron chi connectivity index (χ4n) is 2.46. The quantitative estimate of drug-likeness (QED) is 0.422. The molecule has 0 aliphatic heterocycles. The van der Waals surface area contributed by atoms with Crippen molar-refractivity contribution in [1.29, 1.82) is 0 Å². The van der Waals surface area contributed by atoms with Crippen molar-refractivity contribution in [2.24, 2.45) is 0 Å². The van der Waals surface area contributed by atoms with E-state index in [0.717, 1.165) is 21.3 Å². The number of carbonyl (C=O) groups excluding carboxylic acids is 1. The highest BCUT2D eigenvalue weighted by molar-refractivity contribution is 9.10. The number of halogens is 2. The second-order valence-electron chi connectivity index (χ2n) is 6.29. The van der Waals surface area contributed by atoms with E-state index < -0.39 is 0 Å². The third kappa shape index (κ3) is 5.98. The number of benzene rings is 3. The van der Waals surface area contributed by atoms with Crippen molar-refractivity contribution >= 4 is 45.2 Å². The van der Waals surface area contributed by atoms with E-state index in [2.05, 4.69) is 52.4 Å². The molecule has 0 saturated carbocycles. The summed E-state index contributed by atoms with van der Waals surface area (Å²) < 4.78 is 6.65. The number of hydrogen-bond acceptors (Lipinski definition) is 2. The number of anilines is 1. The van der Waals surface area contributed by atoms with Crippen LogP contribution in [-0.4, -0.2) is 5.91 Å². The van der Waals surface area contributed by atoms with Crippen LogP contribution in [0.2, 0.25) is 5.02 Å². The summed E-state index contributed by atoms with van der Waals surface area (Å²) in [6, 6.07) is 21.1. The topological polar surface area (TPSA) is 38.3 Å². The number of aryl methyl sites for hydroxylation is 1. The van der Waals surface area contributed by atoms with Gasteiger partial charge in [0.1, 0.15) is 12.4 Å². The average molecular weight is 457 g/mol. The van der Waals surface area contributed by atoms with Crippen LogP contribution < -0.4 is 10.1 Å². The van der Waals surface area contributed by atoms with E-state index in [-0.39, 0.29) is 5.91 Å². The number of rotatable bonds is 6. The molecule has 0 heterocycles. The van der Waals surface area contributed by atoms with Crippen molar-refractivity contribution in [1.82, 2.24) is 0 Å². The van der Waals surface area contributed by atoms with Gasteiger partial charge in [-0.25, -0.2) is 0 Å². The molecule has 3 rings (SSSR count). The van der Waals surface area contributed by atoms with E-state index in [9.17, 15) is 4.79 Å². The van der Waals surface area contributed by atoms with Crippen molar-refractivity contribution in [3.05, 3.63) is 99.0 Å². The summed E-state index contributed by atoms with van der Waals surface area (Å²) >= 11 is 9.44. The zero-order chi connectivity index (χ0) is 19.9. The van der Waals surface area contributed by atoms with Gasteiger partial charge in [0.05, 0.1) is 10.7 Å². The van der Waals surface area contributed by atoms with E-state index >= 15 is 0 Å². The molecule has 0 fully saturated rings. The largest absolute Gasteiger partial charge is 0.489 e. The third-order valence-corrected chi connectivity index (χ3v) is 4.83. The Kier molecular flexibility index (Phi) is 6.90. The van der Waals surface area contributed by atoms with Gasteiger partial charge in [0.15, 0.2) is 0 Å². The molecular formula is C23H19BrClNO2. The van der Waals surface area contributed by atoms with Crippen LogP contribution in [0.5, 0.6) is 5.75 Å². The number of nitrogens with one attached hydrogen (secondary N) is 1. The first-order valence-electron chi connectivity index (χ1n) is 8.72. The summed E-state index contributed by atoms with van der Waals surface area (Å²) in [5.41, 5.74) is 3.82. The Morgan fingerprint density at radius 2 is 1.79 bits per heavy atom. The Morgan fingerprint density at radius 3 is 2.46 bits per heavy atom. The number of amides is 1. The smallest absolute Gasteiger partial charge is 0.248 e. The highest BCUT2D eigenvalue weighted by Crippen LogP contribution is 2.25. The van der Waals surface area contributed by atoms with Crippen LogP contribution in [0.15, 0.2) is 77.3 Å². The summed E-state index contributed by atoms with van der Waals surface area (Å²) in [6.07, 6.45) is 3.21. The third-order valence-electron chi connectivity index (χ3n) is 4.02. The fourth-order valence-corrected chi connectivity index (χ4v) is 3.18. The Morgan fingerprint density at radius 1 is 1.07 bits per heavy atom. The minimum absolute atomic E-state index is 0.246. The molecule has 0 aliphatic rings. The SMILES string of the molecule is Cc1ccc(COc2ccc(/C=C/C(=O)Nc3ccc(Br)cc3Cl)cc2)cc1. The highest BCUT2D eigenvalue weighted by Gasteiger charge is 2.04. The lowest BCUT2D eigenvalue weighted by molar-refractivity contribution is -0.111. The van der Waals surface area contributed by atoms with Gasteiger partial charge in [0.2, 0.25) is 5.91 Å². The molecule has 0 aromatic heterocycles. The average Bonchev–Trinajstić information content (AvgIpc) is 2.69. The summed E-state index contributed by atoms with van der Waals surface area (Å²) in [7, 11) is 0. The predicted molar refractivity (Wildman–Crippen MR) is 119 cm³/mol. The van der Waals surface area contributed by atoms with Crippen LogP contribution in [0.25, 0.3) is 6.08 Å². The van der Waals surface area contributed by atoms with E-state index in [1.807, 2.05) is 30.3 Å². The Hall–Kier alpha value is -2.56. The van der Waals surface area contributed by atoms with Gasteiger partial charge in [-0.15, -0.1) is 0 Å². The predicted octanol–water partition coefficient (Wildman–Crippen LogP) is 6.64. The molecule has 28 heavy (non-hydrogen) atoms. The lowest BCUT2D eigenvalue weighted by Gasteiger charge is -2.07. The van der Waals surface area contributed by atoms with Gasteiger partial charge in [0.25, 0.3) is 0 Å². The van der Waals surface area contributed by atoms with E-state index in [0.29, 0.717) is 17.3 Å². The summed E-state index contributed by atoms with van der Waals surface area (Å²) in [6.45, 7) is 2.58. The minimum atomic E-state index is -0.246. The number of ether oxygens (including phenoxy) is 1. The molecule has 3 aromatic rings. The second-order valence-corrected chi connectivity index (χ2v) is 7.61. The maximum Gasteiger partial charge on any atom is 0.248 e. The first-order chi connectivity index (χ1) is 13.5. The van der Waals surface area contributed by atoms with Crippen LogP contribution in [0.1, 0.15) is 16.7 Å². The molecule has 0 radical (unpaired) electrons.